The number of nitrogens with zero attached hydrogens (tertiary/aromatic N) is 3. The van der Waals surface area contributed by atoms with Crippen LogP contribution in [0.1, 0.15) is 66.6 Å². The van der Waals surface area contributed by atoms with Crippen molar-refractivity contribution < 1.29 is 35.9 Å². The standard InChI is InChI=1S/C27H29F6N3O2/c1-4-17-7-5-6-8-21(17)24-22-9-10-23(37)35(22)11-12-36(24)25(38)34(3)16(2)18-13-19(26(28,29)30)15-20(14-18)27(31,32)33/h5-8,13-16,22,24H,4,9-12H2,1-3H3/t16-,22?,24?/m1/s1. The highest BCUT2D eigenvalue weighted by molar-refractivity contribution is 5.81. The van der Waals surface area contributed by atoms with Gasteiger partial charge in [-0.1, -0.05) is 31.2 Å². The Labute approximate surface area is 217 Å². The quantitative estimate of drug-likeness (QED) is 0.418. The lowest BCUT2D eigenvalue weighted by Crippen LogP contribution is -2.57. The first-order valence-corrected chi connectivity index (χ1v) is 12.4. The molecule has 2 fully saturated rings. The first-order chi connectivity index (χ1) is 17.7. The van der Waals surface area contributed by atoms with Gasteiger partial charge in [-0.3, -0.25) is 4.79 Å². The number of amides is 3. The number of urea groups is 1. The lowest BCUT2D eigenvalue weighted by Gasteiger charge is -2.47. The van der Waals surface area contributed by atoms with Gasteiger partial charge in [0, 0.05) is 26.6 Å². The van der Waals surface area contributed by atoms with Crippen molar-refractivity contribution in [3.63, 3.8) is 0 Å². The minimum atomic E-state index is -4.99. The van der Waals surface area contributed by atoms with Crippen molar-refractivity contribution in [2.24, 2.45) is 0 Å². The van der Waals surface area contributed by atoms with Crippen LogP contribution in [0.2, 0.25) is 0 Å². The topological polar surface area (TPSA) is 43.9 Å². The summed E-state index contributed by atoms with van der Waals surface area (Å²) in [6, 6.07) is 6.60. The lowest BCUT2D eigenvalue weighted by molar-refractivity contribution is -0.143. The average molecular weight is 542 g/mol. The van der Waals surface area contributed by atoms with E-state index in [0.29, 0.717) is 37.9 Å². The molecule has 11 heteroatoms. The molecule has 5 nitrogen and oxygen atoms in total. The van der Waals surface area contributed by atoms with Crippen LogP contribution in [0, 0.1) is 0 Å². The van der Waals surface area contributed by atoms with Crippen molar-refractivity contribution >= 4 is 11.9 Å². The van der Waals surface area contributed by atoms with Gasteiger partial charge >= 0.3 is 18.4 Å². The van der Waals surface area contributed by atoms with E-state index < -0.39 is 41.6 Å². The fourth-order valence-electron chi connectivity index (χ4n) is 5.48. The molecule has 0 N–H and O–H groups in total. The van der Waals surface area contributed by atoms with Crippen LogP contribution < -0.4 is 0 Å². The van der Waals surface area contributed by atoms with E-state index in [0.717, 1.165) is 11.1 Å². The maximum Gasteiger partial charge on any atom is 0.416 e. The normalized spacial score (nSPS) is 20.9. The molecule has 2 saturated heterocycles. The fourth-order valence-corrected chi connectivity index (χ4v) is 5.48. The van der Waals surface area contributed by atoms with Crippen LogP contribution in [-0.2, 0) is 23.6 Å². The zero-order valence-electron chi connectivity index (χ0n) is 21.2. The second kappa shape index (κ2) is 10.1. The van der Waals surface area contributed by atoms with Crippen LogP contribution in [0.4, 0.5) is 31.1 Å². The van der Waals surface area contributed by atoms with E-state index in [2.05, 4.69) is 0 Å². The predicted octanol–water partition coefficient (Wildman–Crippen LogP) is 6.45. The van der Waals surface area contributed by atoms with Gasteiger partial charge in [-0.25, -0.2) is 4.79 Å². The Morgan fingerprint density at radius 1 is 1.03 bits per heavy atom. The van der Waals surface area contributed by atoms with Gasteiger partial charge in [-0.15, -0.1) is 0 Å². The van der Waals surface area contributed by atoms with Gasteiger partial charge in [-0.05, 0) is 54.7 Å². The largest absolute Gasteiger partial charge is 0.416 e. The molecule has 2 aliphatic rings. The Kier molecular flexibility index (Phi) is 7.42. The molecule has 3 atom stereocenters. The van der Waals surface area contributed by atoms with Crippen LogP contribution in [0.15, 0.2) is 42.5 Å². The zero-order chi connectivity index (χ0) is 28.0. The molecule has 3 amide bonds. The Morgan fingerprint density at radius 3 is 2.21 bits per heavy atom. The molecular weight excluding hydrogens is 512 g/mol. The smallest absolute Gasteiger partial charge is 0.335 e. The van der Waals surface area contributed by atoms with E-state index in [-0.39, 0.29) is 30.1 Å². The minimum absolute atomic E-state index is 0.00597. The maximum atomic E-state index is 13.8. The van der Waals surface area contributed by atoms with Crippen LogP contribution in [-0.4, -0.2) is 52.8 Å². The molecule has 0 aromatic heterocycles. The lowest BCUT2D eigenvalue weighted by atomic mass is 9.89. The molecule has 206 valence electrons. The first-order valence-electron chi connectivity index (χ1n) is 12.4. The van der Waals surface area contributed by atoms with Gasteiger partial charge in [0.05, 0.1) is 29.3 Å². The van der Waals surface area contributed by atoms with E-state index in [9.17, 15) is 35.9 Å². The van der Waals surface area contributed by atoms with E-state index in [1.807, 2.05) is 31.2 Å². The van der Waals surface area contributed by atoms with E-state index >= 15 is 0 Å². The fraction of sp³-hybridized carbons (Fsp3) is 0.481. The third-order valence-electron chi connectivity index (χ3n) is 7.63. The second-order valence-corrected chi connectivity index (χ2v) is 9.79. The van der Waals surface area contributed by atoms with Crippen molar-refractivity contribution in [1.82, 2.24) is 14.7 Å². The number of hydrogen-bond donors (Lipinski definition) is 0. The summed E-state index contributed by atoms with van der Waals surface area (Å²) in [5, 5.41) is 0. The summed E-state index contributed by atoms with van der Waals surface area (Å²) in [6.07, 6.45) is -8.38. The van der Waals surface area contributed by atoms with E-state index in [4.69, 9.17) is 0 Å². The molecule has 0 saturated carbocycles. The molecule has 0 aliphatic carbocycles. The summed E-state index contributed by atoms with van der Waals surface area (Å²) >= 11 is 0. The summed E-state index contributed by atoms with van der Waals surface area (Å²) in [6.45, 7) is 3.88. The average Bonchev–Trinajstić information content (AvgIpc) is 3.26. The summed E-state index contributed by atoms with van der Waals surface area (Å²) in [7, 11) is 1.37. The number of hydrogen-bond acceptors (Lipinski definition) is 2. The third-order valence-corrected chi connectivity index (χ3v) is 7.63. The molecule has 0 radical (unpaired) electrons. The number of piperazine rings is 1. The summed E-state index contributed by atoms with van der Waals surface area (Å²) < 4.78 is 80.6. The van der Waals surface area contributed by atoms with Crippen LogP contribution in [0.25, 0.3) is 0 Å². The number of alkyl halides is 6. The van der Waals surface area contributed by atoms with Gasteiger partial charge in [0.2, 0.25) is 5.91 Å². The number of benzene rings is 2. The Balaban J connectivity index is 1.71. The molecule has 2 aromatic rings. The number of aryl methyl sites for hydroxylation is 1. The van der Waals surface area contributed by atoms with Gasteiger partial charge in [0.15, 0.2) is 0 Å². The molecular formula is C27H29F6N3O2. The van der Waals surface area contributed by atoms with Gasteiger partial charge in [0.1, 0.15) is 0 Å². The van der Waals surface area contributed by atoms with Gasteiger partial charge in [0.25, 0.3) is 0 Å². The van der Waals surface area contributed by atoms with Gasteiger partial charge < -0.3 is 14.7 Å². The van der Waals surface area contributed by atoms with Crippen molar-refractivity contribution in [3.05, 3.63) is 70.3 Å². The zero-order valence-corrected chi connectivity index (χ0v) is 21.2. The maximum absolute atomic E-state index is 13.8. The number of rotatable bonds is 4. The summed E-state index contributed by atoms with van der Waals surface area (Å²) in [5.41, 5.74) is -1.25. The van der Waals surface area contributed by atoms with Crippen LogP contribution in [0.5, 0.6) is 0 Å². The Bertz CT molecular complexity index is 1180. The molecule has 2 unspecified atom stereocenters. The number of carbonyl (C=O) groups excluding carboxylic acids is 2. The van der Waals surface area contributed by atoms with Crippen molar-refractivity contribution in [3.8, 4) is 0 Å². The minimum Gasteiger partial charge on any atom is -0.335 e. The van der Waals surface area contributed by atoms with Crippen molar-refractivity contribution in [2.75, 3.05) is 20.1 Å². The highest BCUT2D eigenvalue weighted by Gasteiger charge is 2.46. The highest BCUT2D eigenvalue weighted by Crippen LogP contribution is 2.41. The Morgan fingerprint density at radius 2 is 1.63 bits per heavy atom. The molecule has 0 spiro atoms. The summed E-state index contributed by atoms with van der Waals surface area (Å²) in [4.78, 5) is 30.9. The second-order valence-electron chi connectivity index (χ2n) is 9.79. The first kappa shape index (κ1) is 27.8. The predicted molar refractivity (Wildman–Crippen MR) is 128 cm³/mol. The molecule has 2 aliphatic heterocycles. The van der Waals surface area contributed by atoms with E-state index in [1.54, 1.807) is 9.80 Å². The highest BCUT2D eigenvalue weighted by atomic mass is 19.4. The van der Waals surface area contributed by atoms with Crippen molar-refractivity contribution in [2.45, 2.75) is 63.6 Å². The van der Waals surface area contributed by atoms with Crippen LogP contribution >= 0.6 is 0 Å². The van der Waals surface area contributed by atoms with E-state index in [1.165, 1.54) is 18.9 Å². The molecule has 0 bridgehead atoms. The summed E-state index contributed by atoms with van der Waals surface area (Å²) in [5.74, 6) is 0.00597. The Hall–Kier alpha value is -3.24. The number of fused-ring (bicyclic) bond motifs is 1. The monoisotopic (exact) mass is 541 g/mol. The molecule has 4 rings (SSSR count). The van der Waals surface area contributed by atoms with Gasteiger partial charge in [-0.2, -0.15) is 26.3 Å². The SMILES string of the molecule is CCc1ccccc1C1C2CCC(=O)N2CCN1C(=O)N(C)[C@H](C)c1cc(C(F)(F)F)cc(C(F)(F)F)c1. The van der Waals surface area contributed by atoms with Crippen molar-refractivity contribution in [1.29, 1.82) is 0 Å². The third kappa shape index (κ3) is 5.19. The molecule has 38 heavy (non-hydrogen) atoms. The molecule has 2 heterocycles. The molecule has 2 aromatic carbocycles. The van der Waals surface area contributed by atoms with Crippen LogP contribution in [0.3, 0.4) is 0 Å². The number of halogens is 6. The number of carbonyl (C=O) groups is 2.